The summed E-state index contributed by atoms with van der Waals surface area (Å²) in [7, 11) is -2.87. The minimum absolute atomic E-state index is 0.443. The van der Waals surface area contributed by atoms with Gasteiger partial charge in [0, 0.05) is 6.26 Å². The van der Waals surface area contributed by atoms with Gasteiger partial charge in [-0.05, 0) is 25.8 Å². The highest BCUT2D eigenvalue weighted by Gasteiger charge is 2.45. The van der Waals surface area contributed by atoms with Gasteiger partial charge in [-0.2, -0.15) is 0 Å². The van der Waals surface area contributed by atoms with Crippen molar-refractivity contribution >= 4 is 9.84 Å². The molecule has 4 heteroatoms. The summed E-state index contributed by atoms with van der Waals surface area (Å²) >= 11 is 0. The number of nitrogens with two attached hydrogens (primary N) is 1. The molecule has 0 atom stereocenters. The van der Waals surface area contributed by atoms with Crippen LogP contribution < -0.4 is 5.73 Å². The van der Waals surface area contributed by atoms with Gasteiger partial charge in [-0.1, -0.05) is 6.42 Å². The SMILES string of the molecule is CS(=O)(=O)C1(CCN)CCC1. The third-order valence-electron chi connectivity index (χ3n) is 2.65. The Bertz CT molecular complexity index is 229. The van der Waals surface area contributed by atoms with Gasteiger partial charge in [0.25, 0.3) is 0 Å². The van der Waals surface area contributed by atoms with E-state index in [4.69, 9.17) is 5.73 Å². The van der Waals surface area contributed by atoms with E-state index in [-0.39, 0.29) is 0 Å². The zero-order valence-electron chi connectivity index (χ0n) is 6.84. The van der Waals surface area contributed by atoms with Gasteiger partial charge in [0.05, 0.1) is 4.75 Å². The molecule has 0 radical (unpaired) electrons. The lowest BCUT2D eigenvalue weighted by atomic mass is 9.82. The summed E-state index contributed by atoms with van der Waals surface area (Å²) in [6, 6.07) is 0. The van der Waals surface area contributed by atoms with Gasteiger partial charge in [0.2, 0.25) is 0 Å². The Morgan fingerprint density at radius 1 is 1.45 bits per heavy atom. The zero-order valence-corrected chi connectivity index (χ0v) is 7.65. The fourth-order valence-electron chi connectivity index (χ4n) is 1.64. The minimum atomic E-state index is -2.87. The van der Waals surface area contributed by atoms with Crippen molar-refractivity contribution in [2.24, 2.45) is 5.73 Å². The molecule has 0 saturated heterocycles. The molecule has 0 aromatic carbocycles. The maximum Gasteiger partial charge on any atom is 0.153 e. The van der Waals surface area contributed by atoms with Crippen LogP contribution in [-0.2, 0) is 9.84 Å². The molecule has 0 amide bonds. The van der Waals surface area contributed by atoms with Gasteiger partial charge in [-0.3, -0.25) is 0 Å². The molecule has 0 aromatic heterocycles. The maximum absolute atomic E-state index is 11.3. The van der Waals surface area contributed by atoms with Crippen LogP contribution in [0.3, 0.4) is 0 Å². The van der Waals surface area contributed by atoms with Gasteiger partial charge in [0.1, 0.15) is 0 Å². The van der Waals surface area contributed by atoms with Crippen LogP contribution >= 0.6 is 0 Å². The van der Waals surface area contributed by atoms with Crippen molar-refractivity contribution in [1.29, 1.82) is 0 Å². The smallest absolute Gasteiger partial charge is 0.153 e. The number of hydrogen-bond acceptors (Lipinski definition) is 3. The van der Waals surface area contributed by atoms with Gasteiger partial charge in [0.15, 0.2) is 9.84 Å². The molecule has 2 N–H and O–H groups in total. The highest BCUT2D eigenvalue weighted by molar-refractivity contribution is 7.92. The molecular weight excluding hydrogens is 162 g/mol. The first-order valence-corrected chi connectivity index (χ1v) is 5.81. The van der Waals surface area contributed by atoms with E-state index in [2.05, 4.69) is 0 Å². The summed E-state index contributed by atoms with van der Waals surface area (Å²) < 4.78 is 22.1. The van der Waals surface area contributed by atoms with E-state index in [1.165, 1.54) is 6.26 Å². The molecule has 1 fully saturated rings. The quantitative estimate of drug-likeness (QED) is 0.674. The van der Waals surface area contributed by atoms with Gasteiger partial charge < -0.3 is 5.73 Å². The van der Waals surface area contributed by atoms with Crippen LogP contribution in [0.2, 0.25) is 0 Å². The molecular formula is C7H15NO2S. The van der Waals surface area contributed by atoms with E-state index in [9.17, 15) is 8.42 Å². The first-order chi connectivity index (χ1) is 5.02. The molecule has 3 nitrogen and oxygen atoms in total. The largest absolute Gasteiger partial charge is 0.330 e. The Balaban J connectivity index is 2.76. The normalized spacial score (nSPS) is 22.7. The van der Waals surface area contributed by atoms with Crippen molar-refractivity contribution in [1.82, 2.24) is 0 Å². The van der Waals surface area contributed by atoms with Crippen molar-refractivity contribution in [2.75, 3.05) is 12.8 Å². The second kappa shape index (κ2) is 2.75. The maximum atomic E-state index is 11.3. The van der Waals surface area contributed by atoms with Crippen LogP contribution in [0.1, 0.15) is 25.7 Å². The Hall–Kier alpha value is -0.0900. The molecule has 0 aliphatic heterocycles. The fourth-order valence-corrected chi connectivity index (χ4v) is 3.16. The highest BCUT2D eigenvalue weighted by Crippen LogP contribution is 2.41. The molecule has 11 heavy (non-hydrogen) atoms. The lowest BCUT2D eigenvalue weighted by molar-refractivity contribution is 0.323. The van der Waals surface area contributed by atoms with E-state index >= 15 is 0 Å². The fraction of sp³-hybridized carbons (Fsp3) is 1.00. The lowest BCUT2D eigenvalue weighted by Gasteiger charge is -2.39. The van der Waals surface area contributed by atoms with Crippen LogP contribution in [0.4, 0.5) is 0 Å². The third-order valence-corrected chi connectivity index (χ3v) is 4.84. The zero-order chi connectivity index (χ0) is 8.54. The molecule has 0 spiro atoms. The topological polar surface area (TPSA) is 60.2 Å². The van der Waals surface area contributed by atoms with Crippen molar-refractivity contribution < 1.29 is 8.42 Å². The summed E-state index contributed by atoms with van der Waals surface area (Å²) in [6.45, 7) is 0.479. The third kappa shape index (κ3) is 1.42. The highest BCUT2D eigenvalue weighted by atomic mass is 32.2. The van der Waals surface area contributed by atoms with E-state index in [1.807, 2.05) is 0 Å². The van der Waals surface area contributed by atoms with E-state index in [0.717, 1.165) is 19.3 Å². The van der Waals surface area contributed by atoms with Crippen LogP contribution in [0.5, 0.6) is 0 Å². The monoisotopic (exact) mass is 177 g/mol. The van der Waals surface area contributed by atoms with Crippen LogP contribution in [0.15, 0.2) is 0 Å². The predicted octanol–water partition coefficient (Wildman–Crippen LogP) is 0.303. The number of rotatable bonds is 3. The van der Waals surface area contributed by atoms with E-state index < -0.39 is 14.6 Å². The van der Waals surface area contributed by atoms with Crippen LogP contribution in [-0.4, -0.2) is 26.0 Å². The van der Waals surface area contributed by atoms with Gasteiger partial charge in [-0.15, -0.1) is 0 Å². The first-order valence-electron chi connectivity index (χ1n) is 3.91. The van der Waals surface area contributed by atoms with Crippen LogP contribution in [0, 0.1) is 0 Å². The lowest BCUT2D eigenvalue weighted by Crippen LogP contribution is -2.46. The van der Waals surface area contributed by atoms with Crippen molar-refractivity contribution in [3.8, 4) is 0 Å². The Morgan fingerprint density at radius 2 is 2.00 bits per heavy atom. The van der Waals surface area contributed by atoms with E-state index in [0.29, 0.717) is 13.0 Å². The standard InChI is InChI=1S/C7H15NO2S/c1-11(9,10)7(5-6-8)3-2-4-7/h2-6,8H2,1H3. The summed E-state index contributed by atoms with van der Waals surface area (Å²) in [5.74, 6) is 0. The van der Waals surface area contributed by atoms with Gasteiger partial charge in [-0.25, -0.2) is 8.42 Å². The average Bonchev–Trinajstić information content (AvgIpc) is 1.75. The summed E-state index contributed by atoms with van der Waals surface area (Å²) in [5.41, 5.74) is 5.36. The summed E-state index contributed by atoms with van der Waals surface area (Å²) in [5, 5.41) is 0. The molecule has 0 heterocycles. The van der Waals surface area contributed by atoms with Gasteiger partial charge >= 0.3 is 0 Å². The predicted molar refractivity (Wildman–Crippen MR) is 45.1 cm³/mol. The summed E-state index contributed by atoms with van der Waals surface area (Å²) in [6.07, 6.45) is 4.60. The van der Waals surface area contributed by atoms with Crippen LogP contribution in [0.25, 0.3) is 0 Å². The van der Waals surface area contributed by atoms with E-state index in [1.54, 1.807) is 0 Å². The number of sulfone groups is 1. The molecule has 0 bridgehead atoms. The molecule has 1 saturated carbocycles. The minimum Gasteiger partial charge on any atom is -0.330 e. The Labute approximate surface area is 67.9 Å². The molecule has 1 aliphatic rings. The molecule has 66 valence electrons. The second-order valence-corrected chi connectivity index (χ2v) is 5.76. The van der Waals surface area contributed by atoms with Crippen molar-refractivity contribution in [3.05, 3.63) is 0 Å². The first kappa shape index (κ1) is 9.00. The molecule has 0 aromatic rings. The Kier molecular flexibility index (Phi) is 2.25. The summed E-state index contributed by atoms with van der Waals surface area (Å²) in [4.78, 5) is 0. The second-order valence-electron chi connectivity index (χ2n) is 3.35. The Morgan fingerprint density at radius 3 is 2.09 bits per heavy atom. The van der Waals surface area contributed by atoms with Crippen molar-refractivity contribution in [2.45, 2.75) is 30.4 Å². The number of hydrogen-bond donors (Lipinski definition) is 1. The molecule has 1 rings (SSSR count). The molecule has 0 unspecified atom stereocenters. The average molecular weight is 177 g/mol. The van der Waals surface area contributed by atoms with Crippen molar-refractivity contribution in [3.63, 3.8) is 0 Å². The molecule has 1 aliphatic carbocycles.